The highest BCUT2D eigenvalue weighted by atomic mass is 16.2. The van der Waals surface area contributed by atoms with E-state index in [2.05, 4.69) is 17.4 Å². The maximum atomic E-state index is 12.9. The number of carbonyl (C=O) groups is 3. The van der Waals surface area contributed by atoms with Gasteiger partial charge in [0.2, 0.25) is 5.91 Å². The maximum absolute atomic E-state index is 12.9. The Labute approximate surface area is 170 Å². The third kappa shape index (κ3) is 4.16. The topological polar surface area (TPSA) is 69.7 Å². The summed E-state index contributed by atoms with van der Waals surface area (Å²) in [7, 11) is 0. The molecule has 29 heavy (non-hydrogen) atoms. The van der Waals surface area contributed by atoms with Crippen LogP contribution in [0, 0.1) is 5.92 Å². The Morgan fingerprint density at radius 2 is 1.66 bits per heavy atom. The van der Waals surface area contributed by atoms with Gasteiger partial charge in [0, 0.05) is 30.8 Å². The number of Topliss-reactive ketones (excluding diaryl/α,β-unsaturated/α-hetero) is 1. The summed E-state index contributed by atoms with van der Waals surface area (Å²) in [4.78, 5) is 37.2. The molecule has 0 unspecified atom stereocenters. The number of hydrazine groups is 1. The molecule has 0 bridgehead atoms. The average Bonchev–Trinajstić information content (AvgIpc) is 3.34. The minimum atomic E-state index is -0.341. The molecule has 1 saturated heterocycles. The molecular formula is C23H25N3O3. The largest absolute Gasteiger partial charge is 0.340 e. The molecule has 0 spiro atoms. The summed E-state index contributed by atoms with van der Waals surface area (Å²) >= 11 is 0. The normalized spacial score (nSPS) is 16.0. The first-order valence-corrected chi connectivity index (χ1v) is 10.1. The van der Waals surface area contributed by atoms with Crippen molar-refractivity contribution in [2.75, 3.05) is 18.4 Å². The van der Waals surface area contributed by atoms with E-state index in [-0.39, 0.29) is 23.6 Å². The van der Waals surface area contributed by atoms with Crippen LogP contribution in [0.5, 0.6) is 0 Å². The van der Waals surface area contributed by atoms with E-state index in [9.17, 15) is 14.4 Å². The standard InChI is InChI=1S/C23H25N3O3/c1-16(27)18-8-4-9-21(15-18)24-23(29)26-11-5-10-25(26)22(28)14-17-12-19-6-2-3-7-20(19)13-17/h2-4,6-9,15,17H,5,10-14H2,1H3,(H,24,29). The summed E-state index contributed by atoms with van der Waals surface area (Å²) in [6.07, 6.45) is 3.04. The van der Waals surface area contributed by atoms with Gasteiger partial charge in [0.05, 0.1) is 0 Å². The van der Waals surface area contributed by atoms with Crippen molar-refractivity contribution < 1.29 is 14.4 Å². The van der Waals surface area contributed by atoms with Gasteiger partial charge < -0.3 is 5.32 Å². The lowest BCUT2D eigenvalue weighted by Crippen LogP contribution is -2.47. The number of ketones is 1. The number of urea groups is 1. The molecule has 2 aliphatic rings. The van der Waals surface area contributed by atoms with Gasteiger partial charge in [-0.05, 0) is 55.4 Å². The van der Waals surface area contributed by atoms with Crippen LogP contribution in [0.4, 0.5) is 10.5 Å². The molecule has 6 heteroatoms. The smallest absolute Gasteiger partial charge is 0.306 e. The number of benzene rings is 2. The van der Waals surface area contributed by atoms with Crippen molar-refractivity contribution >= 4 is 23.4 Å². The zero-order valence-electron chi connectivity index (χ0n) is 16.6. The van der Waals surface area contributed by atoms with E-state index in [4.69, 9.17) is 0 Å². The van der Waals surface area contributed by atoms with Crippen LogP contribution in [-0.4, -0.2) is 40.8 Å². The Kier molecular flexibility index (Phi) is 5.34. The van der Waals surface area contributed by atoms with Gasteiger partial charge in [-0.2, -0.15) is 0 Å². The van der Waals surface area contributed by atoms with Gasteiger partial charge in [-0.3, -0.25) is 14.6 Å². The highest BCUT2D eigenvalue weighted by Crippen LogP contribution is 2.29. The van der Waals surface area contributed by atoms with Crippen molar-refractivity contribution in [3.05, 3.63) is 65.2 Å². The third-order valence-corrected chi connectivity index (χ3v) is 5.67. The highest BCUT2D eigenvalue weighted by molar-refractivity contribution is 5.97. The summed E-state index contributed by atoms with van der Waals surface area (Å²) in [6.45, 7) is 2.55. The Morgan fingerprint density at radius 3 is 2.34 bits per heavy atom. The molecule has 150 valence electrons. The molecule has 1 fully saturated rings. The van der Waals surface area contributed by atoms with Crippen LogP contribution in [0.1, 0.15) is 41.3 Å². The Morgan fingerprint density at radius 1 is 0.966 bits per heavy atom. The highest BCUT2D eigenvalue weighted by Gasteiger charge is 2.33. The predicted molar refractivity (Wildman–Crippen MR) is 110 cm³/mol. The number of fused-ring (bicyclic) bond motifs is 1. The minimum absolute atomic E-state index is 0.00653. The molecule has 0 atom stereocenters. The maximum Gasteiger partial charge on any atom is 0.340 e. The molecule has 0 aromatic heterocycles. The first-order chi connectivity index (χ1) is 14.0. The SMILES string of the molecule is CC(=O)c1cccc(NC(=O)N2CCCN2C(=O)CC2Cc3ccccc3C2)c1. The molecule has 2 aromatic rings. The van der Waals surface area contributed by atoms with Gasteiger partial charge in [-0.25, -0.2) is 9.80 Å². The van der Waals surface area contributed by atoms with Gasteiger partial charge in [-0.1, -0.05) is 36.4 Å². The van der Waals surface area contributed by atoms with Crippen LogP contribution in [0.2, 0.25) is 0 Å². The lowest BCUT2D eigenvalue weighted by molar-refractivity contribution is -0.140. The van der Waals surface area contributed by atoms with Crippen LogP contribution in [0.3, 0.4) is 0 Å². The van der Waals surface area contributed by atoms with Crippen molar-refractivity contribution in [2.24, 2.45) is 5.92 Å². The molecule has 2 aromatic carbocycles. The number of nitrogens with one attached hydrogen (secondary N) is 1. The van der Waals surface area contributed by atoms with Gasteiger partial charge in [-0.15, -0.1) is 0 Å². The summed E-state index contributed by atoms with van der Waals surface area (Å²) in [5.41, 5.74) is 3.74. The number of carbonyl (C=O) groups excluding carboxylic acids is 3. The van der Waals surface area contributed by atoms with E-state index in [1.54, 1.807) is 29.3 Å². The molecule has 1 aliphatic carbocycles. The fourth-order valence-corrected chi connectivity index (χ4v) is 4.23. The second kappa shape index (κ2) is 8.07. The lowest BCUT2D eigenvalue weighted by Gasteiger charge is -2.29. The van der Waals surface area contributed by atoms with E-state index < -0.39 is 0 Å². The van der Waals surface area contributed by atoms with Gasteiger partial charge in [0.1, 0.15) is 0 Å². The van der Waals surface area contributed by atoms with Gasteiger partial charge >= 0.3 is 6.03 Å². The fraction of sp³-hybridized carbons (Fsp3) is 0.348. The minimum Gasteiger partial charge on any atom is -0.306 e. The van der Waals surface area contributed by atoms with Crippen LogP contribution in [0.15, 0.2) is 48.5 Å². The molecule has 0 saturated carbocycles. The summed E-state index contributed by atoms with van der Waals surface area (Å²) in [5, 5.41) is 5.88. The number of amides is 3. The molecule has 6 nitrogen and oxygen atoms in total. The van der Waals surface area contributed by atoms with E-state index in [1.165, 1.54) is 23.1 Å². The van der Waals surface area contributed by atoms with Crippen molar-refractivity contribution in [2.45, 2.75) is 32.6 Å². The number of hydrogen-bond donors (Lipinski definition) is 1. The van der Waals surface area contributed by atoms with Crippen molar-refractivity contribution in [3.63, 3.8) is 0 Å². The molecule has 1 N–H and O–H groups in total. The summed E-state index contributed by atoms with van der Waals surface area (Å²) < 4.78 is 0. The second-order valence-electron chi connectivity index (χ2n) is 7.81. The predicted octanol–water partition coefficient (Wildman–Crippen LogP) is 3.68. The first-order valence-electron chi connectivity index (χ1n) is 10.1. The summed E-state index contributed by atoms with van der Waals surface area (Å²) in [6, 6.07) is 14.8. The lowest BCUT2D eigenvalue weighted by atomic mass is 10.0. The second-order valence-corrected chi connectivity index (χ2v) is 7.81. The van der Waals surface area contributed by atoms with Crippen LogP contribution >= 0.6 is 0 Å². The Balaban J connectivity index is 1.38. The van der Waals surface area contributed by atoms with Crippen molar-refractivity contribution in [3.8, 4) is 0 Å². The molecule has 0 radical (unpaired) electrons. The first kappa shape index (κ1) is 19.2. The summed E-state index contributed by atoms with van der Waals surface area (Å²) in [5.74, 6) is 0.224. The Bertz CT molecular complexity index is 931. The number of anilines is 1. The average molecular weight is 391 g/mol. The fourth-order valence-electron chi connectivity index (χ4n) is 4.23. The third-order valence-electron chi connectivity index (χ3n) is 5.67. The zero-order valence-corrected chi connectivity index (χ0v) is 16.6. The quantitative estimate of drug-likeness (QED) is 0.809. The number of hydrogen-bond acceptors (Lipinski definition) is 3. The van der Waals surface area contributed by atoms with E-state index in [0.717, 1.165) is 19.3 Å². The molecule has 1 heterocycles. The van der Waals surface area contributed by atoms with E-state index in [1.807, 2.05) is 12.1 Å². The van der Waals surface area contributed by atoms with Gasteiger partial charge in [0.25, 0.3) is 0 Å². The monoisotopic (exact) mass is 391 g/mol. The zero-order chi connectivity index (χ0) is 20.4. The molecule has 1 aliphatic heterocycles. The number of rotatable bonds is 4. The van der Waals surface area contributed by atoms with Gasteiger partial charge in [0.15, 0.2) is 5.78 Å². The van der Waals surface area contributed by atoms with Crippen molar-refractivity contribution in [1.29, 1.82) is 0 Å². The molecular weight excluding hydrogens is 366 g/mol. The van der Waals surface area contributed by atoms with E-state index in [0.29, 0.717) is 30.8 Å². The number of nitrogens with zero attached hydrogens (tertiary/aromatic N) is 2. The van der Waals surface area contributed by atoms with Crippen LogP contribution in [0.25, 0.3) is 0 Å². The van der Waals surface area contributed by atoms with Crippen molar-refractivity contribution in [1.82, 2.24) is 10.0 Å². The van der Waals surface area contributed by atoms with Crippen LogP contribution in [-0.2, 0) is 17.6 Å². The van der Waals surface area contributed by atoms with E-state index >= 15 is 0 Å². The van der Waals surface area contributed by atoms with Crippen LogP contribution < -0.4 is 5.32 Å². The molecule has 3 amide bonds. The molecule has 4 rings (SSSR count). The Hall–Kier alpha value is -3.15.